The zero-order valence-electron chi connectivity index (χ0n) is 15.1. The van der Waals surface area contributed by atoms with Crippen molar-refractivity contribution in [3.63, 3.8) is 0 Å². The quantitative estimate of drug-likeness (QED) is 0.678. The van der Waals surface area contributed by atoms with E-state index in [-0.39, 0.29) is 42.6 Å². The minimum atomic E-state index is -1.21. The smallest absolute Gasteiger partial charge is 0.341 e. The first-order valence-electron chi connectivity index (χ1n) is 8.53. The fourth-order valence-corrected chi connectivity index (χ4v) is 2.69. The van der Waals surface area contributed by atoms with Crippen LogP contribution in [0.25, 0.3) is 5.69 Å². The van der Waals surface area contributed by atoms with Gasteiger partial charge in [-0.05, 0) is 26.0 Å². The first kappa shape index (κ1) is 21.6. The molecule has 1 aliphatic rings. The Morgan fingerprint density at radius 2 is 2.21 bits per heavy atom. The van der Waals surface area contributed by atoms with Crippen molar-refractivity contribution in [2.45, 2.75) is 25.6 Å². The van der Waals surface area contributed by atoms with Gasteiger partial charge in [0.05, 0.1) is 30.3 Å². The molecule has 11 heteroatoms. The number of carbonyl (C=O) groups excluding carboxylic acids is 2. The van der Waals surface area contributed by atoms with Gasteiger partial charge in [-0.15, -0.1) is 12.4 Å². The Hall–Kier alpha value is -2.72. The normalized spacial score (nSPS) is 18.8. The molecule has 152 valence electrons. The molecule has 3 heterocycles. The summed E-state index contributed by atoms with van der Waals surface area (Å²) in [6.45, 7) is 2.74. The lowest BCUT2D eigenvalue weighted by Crippen LogP contribution is -2.44. The molecular formula is C17H21ClFN5O4. The third-order valence-electron chi connectivity index (χ3n) is 4.07. The molecule has 0 unspecified atom stereocenters. The number of hydrogen-bond acceptors (Lipinski definition) is 7. The van der Waals surface area contributed by atoms with Crippen LogP contribution in [0.5, 0.6) is 5.88 Å². The minimum Gasteiger partial charge on any atom is -0.471 e. The van der Waals surface area contributed by atoms with Gasteiger partial charge in [0, 0.05) is 12.7 Å². The van der Waals surface area contributed by atoms with Crippen molar-refractivity contribution >= 4 is 24.3 Å². The highest BCUT2D eigenvalue weighted by Gasteiger charge is 2.28. The Morgan fingerprint density at radius 3 is 2.89 bits per heavy atom. The van der Waals surface area contributed by atoms with Crippen LogP contribution in [0.15, 0.2) is 24.7 Å². The van der Waals surface area contributed by atoms with E-state index >= 15 is 0 Å². The molecule has 1 saturated heterocycles. The number of nitrogens with one attached hydrogen (secondary N) is 1. The Labute approximate surface area is 166 Å². The Balaban J connectivity index is 0.00000280. The van der Waals surface area contributed by atoms with Crippen molar-refractivity contribution in [2.24, 2.45) is 5.73 Å². The standard InChI is InChI=1S/C17H20FN5O4.ClH/c1-2-26-17(25)10-6-22-23(9-10)11-5-12(15(19)24)16(21-7-11)27-14-3-4-20-8-13(14)18;/h5-7,9,13-14,20H,2-4,8H2,1H3,(H2,19,24);1H/t13-,14-;/m1./s1. The summed E-state index contributed by atoms with van der Waals surface area (Å²) in [5.41, 5.74) is 6.09. The van der Waals surface area contributed by atoms with Gasteiger partial charge < -0.3 is 20.5 Å². The van der Waals surface area contributed by atoms with Crippen molar-refractivity contribution in [1.82, 2.24) is 20.1 Å². The number of aromatic nitrogens is 3. The van der Waals surface area contributed by atoms with E-state index < -0.39 is 24.2 Å². The van der Waals surface area contributed by atoms with E-state index in [1.807, 2.05) is 0 Å². The number of amides is 1. The number of primary amides is 1. The Kier molecular flexibility index (Phi) is 7.30. The number of ether oxygens (including phenoxy) is 2. The first-order chi connectivity index (χ1) is 13.0. The van der Waals surface area contributed by atoms with Crippen molar-refractivity contribution in [3.8, 4) is 11.6 Å². The first-order valence-corrected chi connectivity index (χ1v) is 8.53. The average molecular weight is 414 g/mol. The molecule has 0 bridgehead atoms. The van der Waals surface area contributed by atoms with E-state index in [1.165, 1.54) is 29.3 Å². The molecule has 1 fully saturated rings. The largest absolute Gasteiger partial charge is 0.471 e. The van der Waals surface area contributed by atoms with Crippen LogP contribution in [0.2, 0.25) is 0 Å². The molecular weight excluding hydrogens is 393 g/mol. The van der Waals surface area contributed by atoms with Crippen LogP contribution < -0.4 is 15.8 Å². The molecule has 2 aromatic rings. The maximum atomic E-state index is 14.0. The van der Waals surface area contributed by atoms with Gasteiger partial charge >= 0.3 is 5.97 Å². The predicted molar refractivity (Wildman–Crippen MR) is 99.9 cm³/mol. The van der Waals surface area contributed by atoms with E-state index in [4.69, 9.17) is 15.2 Å². The van der Waals surface area contributed by atoms with Crippen molar-refractivity contribution in [3.05, 3.63) is 35.8 Å². The summed E-state index contributed by atoms with van der Waals surface area (Å²) >= 11 is 0. The number of halogens is 2. The van der Waals surface area contributed by atoms with Gasteiger partial charge in [-0.25, -0.2) is 18.9 Å². The van der Waals surface area contributed by atoms with Crippen LogP contribution in [-0.4, -0.2) is 58.6 Å². The molecule has 1 amide bonds. The molecule has 2 atom stereocenters. The number of rotatable bonds is 6. The monoisotopic (exact) mass is 413 g/mol. The van der Waals surface area contributed by atoms with Crippen molar-refractivity contribution in [1.29, 1.82) is 0 Å². The van der Waals surface area contributed by atoms with E-state index in [0.29, 0.717) is 18.7 Å². The highest BCUT2D eigenvalue weighted by molar-refractivity contribution is 5.95. The molecule has 0 aliphatic carbocycles. The molecule has 2 aromatic heterocycles. The maximum absolute atomic E-state index is 14.0. The SMILES string of the molecule is CCOC(=O)c1cnn(-c2cnc(O[C@@H]3CCNC[C@H]3F)c(C(N)=O)c2)c1.Cl. The van der Waals surface area contributed by atoms with Crippen LogP contribution in [0.1, 0.15) is 34.1 Å². The Bertz CT molecular complexity index is 847. The number of carbonyl (C=O) groups is 2. The summed E-state index contributed by atoms with van der Waals surface area (Å²) in [4.78, 5) is 27.7. The topological polar surface area (TPSA) is 121 Å². The summed E-state index contributed by atoms with van der Waals surface area (Å²) < 4.78 is 25.8. The van der Waals surface area contributed by atoms with Gasteiger partial charge in [0.25, 0.3) is 5.91 Å². The molecule has 0 radical (unpaired) electrons. The van der Waals surface area contributed by atoms with E-state index in [2.05, 4.69) is 15.4 Å². The second kappa shape index (κ2) is 9.47. The van der Waals surface area contributed by atoms with Gasteiger partial charge in [-0.3, -0.25) is 4.79 Å². The highest BCUT2D eigenvalue weighted by atomic mass is 35.5. The van der Waals surface area contributed by atoms with Gasteiger partial charge in [0.15, 0.2) is 0 Å². The maximum Gasteiger partial charge on any atom is 0.341 e. The zero-order chi connectivity index (χ0) is 19.4. The molecule has 1 aliphatic heterocycles. The molecule has 9 nitrogen and oxygen atoms in total. The lowest BCUT2D eigenvalue weighted by molar-refractivity contribution is 0.0526. The van der Waals surface area contributed by atoms with Crippen LogP contribution in [0.3, 0.4) is 0 Å². The number of alkyl halides is 1. The van der Waals surface area contributed by atoms with E-state index in [9.17, 15) is 14.0 Å². The van der Waals surface area contributed by atoms with Gasteiger partial charge in [-0.2, -0.15) is 5.10 Å². The third kappa shape index (κ3) is 4.76. The van der Waals surface area contributed by atoms with Crippen molar-refractivity contribution in [2.75, 3.05) is 19.7 Å². The summed E-state index contributed by atoms with van der Waals surface area (Å²) in [5.74, 6) is -1.30. The molecule has 0 aromatic carbocycles. The summed E-state index contributed by atoms with van der Waals surface area (Å²) in [7, 11) is 0. The number of nitrogens with zero attached hydrogens (tertiary/aromatic N) is 3. The van der Waals surface area contributed by atoms with Crippen LogP contribution in [0, 0.1) is 0 Å². The summed E-state index contributed by atoms with van der Waals surface area (Å²) in [6, 6.07) is 1.43. The number of nitrogens with two attached hydrogens (primary N) is 1. The third-order valence-corrected chi connectivity index (χ3v) is 4.07. The van der Waals surface area contributed by atoms with Gasteiger partial charge in [0.2, 0.25) is 5.88 Å². The number of esters is 1. The lowest BCUT2D eigenvalue weighted by Gasteiger charge is -2.27. The molecule has 3 N–H and O–H groups in total. The fourth-order valence-electron chi connectivity index (χ4n) is 2.69. The van der Waals surface area contributed by atoms with Gasteiger partial charge in [0.1, 0.15) is 17.8 Å². The average Bonchev–Trinajstić information content (AvgIpc) is 3.14. The lowest BCUT2D eigenvalue weighted by atomic mass is 10.1. The predicted octanol–water partition coefficient (Wildman–Crippen LogP) is 1.04. The van der Waals surface area contributed by atoms with Crippen LogP contribution in [0.4, 0.5) is 4.39 Å². The van der Waals surface area contributed by atoms with Crippen LogP contribution in [-0.2, 0) is 4.74 Å². The molecule has 3 rings (SSSR count). The van der Waals surface area contributed by atoms with Gasteiger partial charge in [-0.1, -0.05) is 0 Å². The number of piperidine rings is 1. The van der Waals surface area contributed by atoms with E-state index in [1.54, 1.807) is 6.92 Å². The molecule has 28 heavy (non-hydrogen) atoms. The summed E-state index contributed by atoms with van der Waals surface area (Å²) in [5, 5.41) is 6.98. The highest BCUT2D eigenvalue weighted by Crippen LogP contribution is 2.23. The fraction of sp³-hybridized carbons (Fsp3) is 0.412. The molecule has 0 saturated carbocycles. The number of pyridine rings is 1. The zero-order valence-corrected chi connectivity index (χ0v) is 15.9. The minimum absolute atomic E-state index is 0. The second-order valence-electron chi connectivity index (χ2n) is 5.97. The molecule has 0 spiro atoms. The second-order valence-corrected chi connectivity index (χ2v) is 5.97. The summed E-state index contributed by atoms with van der Waals surface area (Å²) in [6.07, 6.45) is 2.73. The van der Waals surface area contributed by atoms with E-state index in [0.717, 1.165) is 0 Å². The Morgan fingerprint density at radius 1 is 1.43 bits per heavy atom. The van der Waals surface area contributed by atoms with Crippen LogP contribution >= 0.6 is 12.4 Å². The van der Waals surface area contributed by atoms with Crippen molar-refractivity contribution < 1.29 is 23.5 Å². The number of hydrogen-bond donors (Lipinski definition) is 2.